The molecule has 2 heterocycles. The molecule has 0 saturated carbocycles. The number of sulfone groups is 1. The largest absolute Gasteiger partial charge is 0.493 e. The van der Waals surface area contributed by atoms with Crippen molar-refractivity contribution in [2.24, 2.45) is 5.41 Å². The Morgan fingerprint density at radius 2 is 2.26 bits per heavy atom. The van der Waals surface area contributed by atoms with E-state index in [0.717, 1.165) is 24.4 Å². The summed E-state index contributed by atoms with van der Waals surface area (Å²) in [6.45, 7) is 3.42. The van der Waals surface area contributed by atoms with Crippen LogP contribution in [0.1, 0.15) is 18.9 Å². The van der Waals surface area contributed by atoms with E-state index in [2.05, 4.69) is 11.4 Å². The zero-order valence-corrected chi connectivity index (χ0v) is 11.9. The third kappa shape index (κ3) is 2.56. The number of nitrogens with one attached hydrogen (secondary N) is 1. The fourth-order valence-corrected chi connectivity index (χ4v) is 5.13. The maximum Gasteiger partial charge on any atom is 0.151 e. The smallest absolute Gasteiger partial charge is 0.151 e. The monoisotopic (exact) mass is 281 g/mol. The summed E-state index contributed by atoms with van der Waals surface area (Å²) in [7, 11) is -2.86. The first-order valence-electron chi connectivity index (χ1n) is 6.67. The van der Waals surface area contributed by atoms with Gasteiger partial charge in [0, 0.05) is 23.2 Å². The van der Waals surface area contributed by atoms with Gasteiger partial charge in [-0.1, -0.05) is 13.0 Å². The molecular formula is C14H19NO3S. The van der Waals surface area contributed by atoms with Crippen LogP contribution in [0.25, 0.3) is 0 Å². The molecule has 0 radical (unpaired) electrons. The second kappa shape index (κ2) is 4.40. The SMILES string of the molecule is CC1(COc2cccc3c2CCN3)CCS(=O)(=O)C1. The Balaban J connectivity index is 1.72. The average Bonchev–Trinajstić information content (AvgIpc) is 2.92. The van der Waals surface area contributed by atoms with Gasteiger partial charge in [-0.05, 0) is 25.0 Å². The van der Waals surface area contributed by atoms with Crippen LogP contribution < -0.4 is 10.1 Å². The predicted octanol–water partition coefficient (Wildman–Crippen LogP) is 1.86. The van der Waals surface area contributed by atoms with E-state index in [1.165, 1.54) is 5.56 Å². The van der Waals surface area contributed by atoms with Crippen molar-refractivity contribution >= 4 is 15.5 Å². The number of fused-ring (bicyclic) bond motifs is 1. The van der Waals surface area contributed by atoms with Crippen molar-refractivity contribution < 1.29 is 13.2 Å². The Bertz CT molecular complexity index is 597. The lowest BCUT2D eigenvalue weighted by atomic mass is 9.91. The molecule has 1 atom stereocenters. The highest BCUT2D eigenvalue weighted by Gasteiger charge is 2.39. The Labute approximate surface area is 114 Å². The normalized spacial score (nSPS) is 27.8. The quantitative estimate of drug-likeness (QED) is 0.919. The van der Waals surface area contributed by atoms with Gasteiger partial charge in [-0.25, -0.2) is 8.42 Å². The molecule has 1 N–H and O–H groups in total. The highest BCUT2D eigenvalue weighted by molar-refractivity contribution is 7.91. The minimum absolute atomic E-state index is 0.242. The molecule has 0 amide bonds. The lowest BCUT2D eigenvalue weighted by Gasteiger charge is -2.23. The molecule has 0 aromatic heterocycles. The first-order valence-corrected chi connectivity index (χ1v) is 8.49. The van der Waals surface area contributed by atoms with Crippen molar-refractivity contribution in [3.8, 4) is 5.75 Å². The van der Waals surface area contributed by atoms with Gasteiger partial charge in [-0.15, -0.1) is 0 Å². The second-order valence-electron chi connectivity index (χ2n) is 5.90. The molecule has 0 bridgehead atoms. The summed E-state index contributed by atoms with van der Waals surface area (Å²) in [5.41, 5.74) is 2.11. The van der Waals surface area contributed by atoms with Crippen molar-refractivity contribution in [3.05, 3.63) is 23.8 Å². The van der Waals surface area contributed by atoms with Gasteiger partial charge in [0.1, 0.15) is 5.75 Å². The molecule has 1 aromatic rings. The zero-order chi connectivity index (χ0) is 13.5. The standard InChI is InChI=1S/C14H19NO3S/c1-14(6-8-19(16,17)10-14)9-18-13-4-2-3-12-11(13)5-7-15-12/h2-4,15H,5-10H2,1H3. The van der Waals surface area contributed by atoms with Gasteiger partial charge in [0.25, 0.3) is 0 Å². The van der Waals surface area contributed by atoms with Gasteiger partial charge in [0.15, 0.2) is 9.84 Å². The van der Waals surface area contributed by atoms with Crippen molar-refractivity contribution in [1.82, 2.24) is 0 Å². The van der Waals surface area contributed by atoms with Crippen LogP contribution in [0.4, 0.5) is 5.69 Å². The van der Waals surface area contributed by atoms with Crippen LogP contribution in [0.15, 0.2) is 18.2 Å². The highest BCUT2D eigenvalue weighted by Crippen LogP contribution is 2.35. The maximum atomic E-state index is 11.6. The summed E-state index contributed by atoms with van der Waals surface area (Å²) in [6.07, 6.45) is 1.67. The molecule has 2 aliphatic rings. The second-order valence-corrected chi connectivity index (χ2v) is 8.08. The van der Waals surface area contributed by atoms with Crippen molar-refractivity contribution in [2.75, 3.05) is 30.0 Å². The van der Waals surface area contributed by atoms with Crippen LogP contribution in [0.3, 0.4) is 0 Å². The minimum Gasteiger partial charge on any atom is -0.493 e. The molecule has 1 fully saturated rings. The maximum absolute atomic E-state index is 11.6. The summed E-state index contributed by atoms with van der Waals surface area (Å²) in [5.74, 6) is 1.43. The van der Waals surface area contributed by atoms with Gasteiger partial charge in [0.05, 0.1) is 18.1 Å². The number of hydrogen-bond acceptors (Lipinski definition) is 4. The van der Waals surface area contributed by atoms with E-state index in [0.29, 0.717) is 18.8 Å². The lowest BCUT2D eigenvalue weighted by Crippen LogP contribution is -2.26. The molecule has 0 aliphatic carbocycles. The number of hydrogen-bond donors (Lipinski definition) is 1. The van der Waals surface area contributed by atoms with Crippen molar-refractivity contribution in [2.45, 2.75) is 19.8 Å². The molecule has 1 saturated heterocycles. The van der Waals surface area contributed by atoms with Gasteiger partial charge >= 0.3 is 0 Å². The number of anilines is 1. The first kappa shape index (κ1) is 12.8. The molecule has 5 heteroatoms. The molecule has 104 valence electrons. The molecule has 1 aromatic carbocycles. The van der Waals surface area contributed by atoms with Crippen LogP contribution in [0, 0.1) is 5.41 Å². The summed E-state index contributed by atoms with van der Waals surface area (Å²) < 4.78 is 29.1. The first-order chi connectivity index (χ1) is 8.98. The fraction of sp³-hybridized carbons (Fsp3) is 0.571. The van der Waals surface area contributed by atoms with E-state index in [9.17, 15) is 8.42 Å². The summed E-state index contributed by atoms with van der Waals surface area (Å²) in [4.78, 5) is 0. The summed E-state index contributed by atoms with van der Waals surface area (Å²) in [5, 5.41) is 3.32. The van der Waals surface area contributed by atoms with E-state index in [-0.39, 0.29) is 11.2 Å². The van der Waals surface area contributed by atoms with E-state index in [1.807, 2.05) is 19.1 Å². The predicted molar refractivity (Wildman–Crippen MR) is 75.5 cm³/mol. The average molecular weight is 281 g/mol. The zero-order valence-electron chi connectivity index (χ0n) is 11.1. The molecule has 3 rings (SSSR count). The number of ether oxygens (including phenoxy) is 1. The van der Waals surface area contributed by atoms with Gasteiger partial charge in [-0.2, -0.15) is 0 Å². The third-order valence-corrected chi connectivity index (χ3v) is 5.95. The Morgan fingerprint density at radius 1 is 1.42 bits per heavy atom. The Morgan fingerprint density at radius 3 is 3.00 bits per heavy atom. The fourth-order valence-electron chi connectivity index (χ4n) is 2.89. The topological polar surface area (TPSA) is 55.4 Å². The highest BCUT2D eigenvalue weighted by atomic mass is 32.2. The van der Waals surface area contributed by atoms with Crippen LogP contribution in [-0.4, -0.2) is 33.1 Å². The molecule has 19 heavy (non-hydrogen) atoms. The third-order valence-electron chi connectivity index (χ3n) is 3.98. The lowest BCUT2D eigenvalue weighted by molar-refractivity contribution is 0.185. The number of benzene rings is 1. The Kier molecular flexibility index (Phi) is 2.96. The van der Waals surface area contributed by atoms with E-state index in [1.54, 1.807) is 0 Å². The van der Waals surface area contributed by atoms with Crippen LogP contribution in [-0.2, 0) is 16.3 Å². The van der Waals surface area contributed by atoms with E-state index in [4.69, 9.17) is 4.74 Å². The minimum atomic E-state index is -2.86. The summed E-state index contributed by atoms with van der Waals surface area (Å²) in [6, 6.07) is 6.00. The van der Waals surface area contributed by atoms with Gasteiger partial charge in [-0.3, -0.25) is 0 Å². The van der Waals surface area contributed by atoms with Crippen molar-refractivity contribution in [3.63, 3.8) is 0 Å². The van der Waals surface area contributed by atoms with Crippen LogP contribution in [0.2, 0.25) is 0 Å². The van der Waals surface area contributed by atoms with Crippen molar-refractivity contribution in [1.29, 1.82) is 0 Å². The van der Waals surface area contributed by atoms with Crippen LogP contribution in [0.5, 0.6) is 5.75 Å². The molecule has 0 spiro atoms. The van der Waals surface area contributed by atoms with Gasteiger partial charge in [0.2, 0.25) is 0 Å². The molecule has 2 aliphatic heterocycles. The molecular weight excluding hydrogens is 262 g/mol. The van der Waals surface area contributed by atoms with E-state index >= 15 is 0 Å². The Hall–Kier alpha value is -1.23. The molecule has 1 unspecified atom stereocenters. The number of rotatable bonds is 3. The van der Waals surface area contributed by atoms with Crippen LogP contribution >= 0.6 is 0 Å². The van der Waals surface area contributed by atoms with Gasteiger partial charge < -0.3 is 10.1 Å². The molecule has 4 nitrogen and oxygen atoms in total. The van der Waals surface area contributed by atoms with E-state index < -0.39 is 9.84 Å². The summed E-state index contributed by atoms with van der Waals surface area (Å²) >= 11 is 0.